The van der Waals surface area contributed by atoms with Crippen molar-refractivity contribution in [2.75, 3.05) is 6.61 Å². The van der Waals surface area contributed by atoms with Gasteiger partial charge < -0.3 is 18.9 Å². The van der Waals surface area contributed by atoms with E-state index in [0.717, 1.165) is 29.7 Å². The Morgan fingerprint density at radius 3 is 1.30 bits per heavy atom. The summed E-state index contributed by atoms with van der Waals surface area (Å²) in [5, 5.41) is 8.95. The molecule has 312 valence electrons. The summed E-state index contributed by atoms with van der Waals surface area (Å²) < 4.78 is 22.5. The van der Waals surface area contributed by atoms with Crippen LogP contribution in [0.4, 0.5) is 0 Å². The Morgan fingerprint density at radius 2 is 0.833 bits per heavy atom. The molecule has 0 amide bonds. The lowest BCUT2D eigenvalue weighted by Gasteiger charge is -2.09. The van der Waals surface area contributed by atoms with Gasteiger partial charge in [0, 0.05) is 0 Å². The Morgan fingerprint density at radius 1 is 0.433 bits per heavy atom. The number of hydrogen-bond acceptors (Lipinski definition) is 8. The van der Waals surface area contributed by atoms with Gasteiger partial charge in [-0.3, -0.25) is 0 Å². The monoisotopic (exact) mass is 807 g/mol. The molecular weight excluding hydrogens is 751 g/mol. The van der Waals surface area contributed by atoms with Crippen LogP contribution in [-0.4, -0.2) is 24.5 Å². The first-order chi connectivity index (χ1) is 29.4. The highest BCUT2D eigenvalue weighted by atomic mass is 16.5. The van der Waals surface area contributed by atoms with Gasteiger partial charge in [0.2, 0.25) is 0 Å². The second-order valence-corrected chi connectivity index (χ2v) is 15.1. The van der Waals surface area contributed by atoms with E-state index in [0.29, 0.717) is 40.5 Å². The van der Waals surface area contributed by atoms with Gasteiger partial charge in [-0.15, -0.1) is 0 Å². The van der Waals surface area contributed by atoms with E-state index in [1.54, 1.807) is 115 Å². The molecule has 0 atom stereocenters. The molecule has 0 unspecified atom stereocenters. The summed E-state index contributed by atoms with van der Waals surface area (Å²) >= 11 is 0. The summed E-state index contributed by atoms with van der Waals surface area (Å²) in [6, 6.07) is 35.4. The Kier molecular flexibility index (Phi) is 18.9. The zero-order chi connectivity index (χ0) is 42.2. The SMILES string of the molecule is CCCCCCCCCCCCCCCCCCOc1ccc(C(=O)Oc2ccc(C(=O)Oc3cccc(-c4ccc(C(=O)Oc5ccc(C#N)cc5)cc4)c3)cc2)cc1. The molecule has 8 nitrogen and oxygen atoms in total. The lowest BCUT2D eigenvalue weighted by Crippen LogP contribution is -2.10. The van der Waals surface area contributed by atoms with Crippen LogP contribution in [0.2, 0.25) is 0 Å². The lowest BCUT2D eigenvalue weighted by molar-refractivity contribution is 0.0723. The number of ether oxygens (including phenoxy) is 4. The van der Waals surface area contributed by atoms with Crippen LogP contribution >= 0.6 is 0 Å². The molecule has 0 radical (unpaired) electrons. The zero-order valence-electron chi connectivity index (χ0n) is 34.9. The molecule has 0 heterocycles. The maximum absolute atomic E-state index is 13.0. The van der Waals surface area contributed by atoms with Crippen molar-refractivity contribution in [3.63, 3.8) is 0 Å². The van der Waals surface area contributed by atoms with Crippen LogP contribution in [-0.2, 0) is 0 Å². The Hall–Kier alpha value is -6.20. The number of benzene rings is 5. The minimum absolute atomic E-state index is 0.288. The molecule has 0 saturated carbocycles. The average Bonchev–Trinajstić information content (AvgIpc) is 3.28. The van der Waals surface area contributed by atoms with Crippen LogP contribution in [0, 0.1) is 11.3 Å². The number of unbranched alkanes of at least 4 members (excludes halogenated alkanes) is 15. The van der Waals surface area contributed by atoms with Crippen LogP contribution in [0.15, 0.2) is 121 Å². The van der Waals surface area contributed by atoms with E-state index < -0.39 is 17.9 Å². The van der Waals surface area contributed by atoms with E-state index in [1.165, 1.54) is 89.9 Å². The fourth-order valence-corrected chi connectivity index (χ4v) is 6.82. The molecule has 0 aliphatic carbocycles. The van der Waals surface area contributed by atoms with Crippen molar-refractivity contribution in [2.24, 2.45) is 0 Å². The quantitative estimate of drug-likeness (QED) is 0.0325. The lowest BCUT2D eigenvalue weighted by atomic mass is 10.0. The van der Waals surface area contributed by atoms with Gasteiger partial charge in [0.25, 0.3) is 0 Å². The van der Waals surface area contributed by atoms with Crippen LogP contribution in [0.25, 0.3) is 11.1 Å². The van der Waals surface area contributed by atoms with E-state index in [9.17, 15) is 14.4 Å². The topological polar surface area (TPSA) is 112 Å². The standard InChI is InChI=1S/C52H57NO7/c1-2-3-4-5-6-7-8-9-10-11-12-13-14-15-16-17-37-57-46-33-27-43(28-34-46)51(55)59-48-35-29-44(30-36-48)52(56)60-49-20-18-19-45(38-49)41-23-25-42(26-24-41)50(54)58-47-31-21-40(39-53)22-32-47/h18-36,38H,2-17,37H2,1H3. The number of carbonyl (C=O) groups is 3. The highest BCUT2D eigenvalue weighted by Crippen LogP contribution is 2.26. The summed E-state index contributed by atoms with van der Waals surface area (Å²) in [6.45, 7) is 2.93. The number of hydrogen-bond donors (Lipinski definition) is 0. The van der Waals surface area contributed by atoms with Crippen LogP contribution in [0.3, 0.4) is 0 Å². The van der Waals surface area contributed by atoms with Gasteiger partial charge in [-0.1, -0.05) is 128 Å². The summed E-state index contributed by atoms with van der Waals surface area (Å²) in [5.74, 6) is 0.100. The van der Waals surface area contributed by atoms with Gasteiger partial charge in [0.1, 0.15) is 23.0 Å². The Balaban J connectivity index is 0.960. The molecule has 0 spiro atoms. The van der Waals surface area contributed by atoms with Crippen molar-refractivity contribution in [1.82, 2.24) is 0 Å². The predicted molar refractivity (Wildman–Crippen MR) is 236 cm³/mol. The molecule has 0 aliphatic rings. The van der Waals surface area contributed by atoms with E-state index in [2.05, 4.69) is 6.92 Å². The van der Waals surface area contributed by atoms with Gasteiger partial charge in [-0.2, -0.15) is 5.26 Å². The molecule has 5 rings (SSSR count). The number of nitriles is 1. The molecule has 0 aliphatic heterocycles. The van der Waals surface area contributed by atoms with Crippen molar-refractivity contribution in [3.05, 3.63) is 144 Å². The highest BCUT2D eigenvalue weighted by Gasteiger charge is 2.14. The van der Waals surface area contributed by atoms with Crippen molar-refractivity contribution < 1.29 is 33.3 Å². The summed E-state index contributed by atoms with van der Waals surface area (Å²) in [4.78, 5) is 38.4. The first kappa shape index (κ1) is 44.9. The predicted octanol–water partition coefficient (Wildman–Crippen LogP) is 13.5. The Bertz CT molecular complexity index is 2100. The third kappa shape index (κ3) is 15.5. The van der Waals surface area contributed by atoms with Crippen molar-refractivity contribution in [2.45, 2.75) is 110 Å². The van der Waals surface area contributed by atoms with Gasteiger partial charge >= 0.3 is 17.9 Å². The second-order valence-electron chi connectivity index (χ2n) is 15.1. The van der Waals surface area contributed by atoms with Crippen LogP contribution < -0.4 is 18.9 Å². The molecule has 60 heavy (non-hydrogen) atoms. The maximum atomic E-state index is 13.0. The fraction of sp³-hybridized carbons (Fsp3) is 0.346. The zero-order valence-corrected chi connectivity index (χ0v) is 34.9. The second kappa shape index (κ2) is 25.3. The molecule has 0 saturated heterocycles. The molecule has 5 aromatic carbocycles. The Labute approximate surface area is 355 Å². The minimum Gasteiger partial charge on any atom is -0.494 e. The van der Waals surface area contributed by atoms with Gasteiger partial charge in [0.15, 0.2) is 0 Å². The van der Waals surface area contributed by atoms with E-state index in [4.69, 9.17) is 24.2 Å². The van der Waals surface area contributed by atoms with E-state index >= 15 is 0 Å². The molecule has 0 fully saturated rings. The summed E-state index contributed by atoms with van der Waals surface area (Å²) in [6.07, 6.45) is 21.3. The molecule has 0 N–H and O–H groups in total. The van der Waals surface area contributed by atoms with Crippen molar-refractivity contribution in [1.29, 1.82) is 5.26 Å². The van der Waals surface area contributed by atoms with Crippen LogP contribution in [0.5, 0.6) is 23.0 Å². The first-order valence-corrected chi connectivity index (χ1v) is 21.6. The molecule has 8 heteroatoms. The first-order valence-electron chi connectivity index (χ1n) is 21.6. The van der Waals surface area contributed by atoms with Crippen LogP contribution in [0.1, 0.15) is 146 Å². The van der Waals surface area contributed by atoms with Gasteiger partial charge in [-0.25, -0.2) is 14.4 Å². The van der Waals surface area contributed by atoms with E-state index in [1.807, 2.05) is 12.1 Å². The van der Waals surface area contributed by atoms with Crippen molar-refractivity contribution in [3.8, 4) is 40.2 Å². The number of esters is 3. The van der Waals surface area contributed by atoms with E-state index in [-0.39, 0.29) is 5.56 Å². The maximum Gasteiger partial charge on any atom is 0.343 e. The summed E-state index contributed by atoms with van der Waals surface area (Å²) in [7, 11) is 0. The fourth-order valence-electron chi connectivity index (χ4n) is 6.82. The number of rotatable bonds is 25. The molecule has 0 aromatic heterocycles. The smallest absolute Gasteiger partial charge is 0.343 e. The third-order valence-electron chi connectivity index (χ3n) is 10.3. The number of nitrogens with zero attached hydrogens (tertiary/aromatic N) is 1. The highest BCUT2D eigenvalue weighted by molar-refractivity contribution is 5.93. The molecule has 0 bridgehead atoms. The molecular formula is C52H57NO7. The summed E-state index contributed by atoms with van der Waals surface area (Å²) in [5.41, 5.74) is 3.11. The third-order valence-corrected chi connectivity index (χ3v) is 10.3. The molecule has 5 aromatic rings. The number of carbonyl (C=O) groups excluding carboxylic acids is 3. The normalized spacial score (nSPS) is 10.7. The average molecular weight is 808 g/mol. The van der Waals surface area contributed by atoms with Gasteiger partial charge in [-0.05, 0) is 115 Å². The van der Waals surface area contributed by atoms with Crippen molar-refractivity contribution >= 4 is 17.9 Å². The van der Waals surface area contributed by atoms with Gasteiger partial charge in [0.05, 0.1) is 34.9 Å². The minimum atomic E-state index is -0.568. The largest absolute Gasteiger partial charge is 0.494 e.